The maximum absolute atomic E-state index is 12.2. The summed E-state index contributed by atoms with van der Waals surface area (Å²) in [5.74, 6) is 0.463. The lowest BCUT2D eigenvalue weighted by atomic mass is 10.2. The molecule has 2 N–H and O–H groups in total. The smallest absolute Gasteiger partial charge is 0.252 e. The van der Waals surface area contributed by atoms with Crippen molar-refractivity contribution in [2.24, 2.45) is 0 Å². The van der Waals surface area contributed by atoms with Gasteiger partial charge in [0.05, 0.1) is 6.42 Å². The Morgan fingerprint density at radius 1 is 1.48 bits per heavy atom. The van der Waals surface area contributed by atoms with E-state index in [4.69, 9.17) is 11.6 Å². The first-order valence-corrected chi connectivity index (χ1v) is 7.68. The first-order valence-electron chi connectivity index (χ1n) is 7.30. The highest BCUT2D eigenvalue weighted by atomic mass is 35.5. The molecule has 2 aromatic rings. The number of fused-ring (bicyclic) bond motifs is 1. The van der Waals surface area contributed by atoms with Crippen LogP contribution in [0.15, 0.2) is 18.2 Å². The summed E-state index contributed by atoms with van der Waals surface area (Å²) in [6.45, 7) is 3.81. The quantitative estimate of drug-likeness (QED) is 0.898. The van der Waals surface area contributed by atoms with Gasteiger partial charge in [0.2, 0.25) is 11.9 Å². The Bertz CT molecular complexity index is 786. The summed E-state index contributed by atoms with van der Waals surface area (Å²) in [5.41, 5.74) is 1.52. The van der Waals surface area contributed by atoms with E-state index in [0.717, 1.165) is 5.56 Å². The fraction of sp³-hybridized carbons (Fsp3) is 0.333. The predicted octanol–water partition coefficient (Wildman–Crippen LogP) is 2.32. The molecule has 120 valence electrons. The number of nitrogens with zero attached hydrogens (tertiary/aromatic N) is 3. The molecule has 1 aromatic carbocycles. The number of aromatic nitrogens is 3. The van der Waals surface area contributed by atoms with Gasteiger partial charge >= 0.3 is 0 Å². The standard InChI is InChI=1S/C15H16ClN5O2/c1-3-12-18-15-19-14(23)11(21(15)20-12)7-13(22)17-9-5-4-8(2)10(16)6-9/h4-6,11H,3,7H2,1-2H3,(H,17,22)(H,18,19,20,23). The first kappa shape index (κ1) is 15.5. The van der Waals surface area contributed by atoms with Gasteiger partial charge in [0.25, 0.3) is 5.91 Å². The van der Waals surface area contributed by atoms with Gasteiger partial charge in [-0.25, -0.2) is 4.68 Å². The molecule has 0 saturated carbocycles. The van der Waals surface area contributed by atoms with Crippen LogP contribution in [-0.2, 0) is 16.0 Å². The third kappa shape index (κ3) is 3.05. The van der Waals surface area contributed by atoms with Crippen molar-refractivity contribution in [3.63, 3.8) is 0 Å². The molecule has 23 heavy (non-hydrogen) atoms. The van der Waals surface area contributed by atoms with E-state index in [1.807, 2.05) is 19.9 Å². The number of hydrogen-bond donors (Lipinski definition) is 2. The van der Waals surface area contributed by atoms with Crippen molar-refractivity contribution in [2.45, 2.75) is 32.7 Å². The highest BCUT2D eigenvalue weighted by molar-refractivity contribution is 6.31. The summed E-state index contributed by atoms with van der Waals surface area (Å²) in [6, 6.07) is 4.59. The van der Waals surface area contributed by atoms with Gasteiger partial charge < -0.3 is 5.32 Å². The Morgan fingerprint density at radius 3 is 2.96 bits per heavy atom. The molecule has 3 rings (SSSR count). The fourth-order valence-corrected chi connectivity index (χ4v) is 2.54. The van der Waals surface area contributed by atoms with Gasteiger partial charge in [-0.3, -0.25) is 14.9 Å². The highest BCUT2D eigenvalue weighted by Gasteiger charge is 2.34. The topological polar surface area (TPSA) is 88.9 Å². The summed E-state index contributed by atoms with van der Waals surface area (Å²) < 4.78 is 1.48. The molecule has 0 bridgehead atoms. The minimum absolute atomic E-state index is 0.0170. The van der Waals surface area contributed by atoms with Crippen LogP contribution in [0.1, 0.15) is 30.8 Å². The lowest BCUT2D eigenvalue weighted by molar-refractivity contribution is -0.123. The van der Waals surface area contributed by atoms with Crippen LogP contribution in [0.5, 0.6) is 0 Å². The summed E-state index contributed by atoms with van der Waals surface area (Å²) >= 11 is 6.04. The van der Waals surface area contributed by atoms with Crippen LogP contribution >= 0.6 is 11.6 Å². The number of nitrogens with one attached hydrogen (secondary N) is 2. The van der Waals surface area contributed by atoms with Gasteiger partial charge in [-0.05, 0) is 24.6 Å². The zero-order valence-electron chi connectivity index (χ0n) is 12.8. The average Bonchev–Trinajstić information content (AvgIpc) is 3.02. The zero-order chi connectivity index (χ0) is 16.6. The van der Waals surface area contributed by atoms with Gasteiger partial charge in [0.15, 0.2) is 5.82 Å². The molecule has 7 nitrogen and oxygen atoms in total. The molecule has 1 aliphatic heterocycles. The van der Waals surface area contributed by atoms with E-state index in [2.05, 4.69) is 20.7 Å². The third-order valence-corrected chi connectivity index (χ3v) is 4.07. The molecule has 1 unspecified atom stereocenters. The van der Waals surface area contributed by atoms with E-state index in [0.29, 0.717) is 28.9 Å². The van der Waals surface area contributed by atoms with E-state index in [9.17, 15) is 9.59 Å². The van der Waals surface area contributed by atoms with Crippen LogP contribution in [0.3, 0.4) is 0 Å². The molecule has 0 aliphatic carbocycles. The number of aryl methyl sites for hydroxylation is 2. The second kappa shape index (κ2) is 6.00. The van der Waals surface area contributed by atoms with Crippen LogP contribution in [0.25, 0.3) is 0 Å². The van der Waals surface area contributed by atoms with Gasteiger partial charge in [-0.15, -0.1) is 0 Å². The Morgan fingerprint density at radius 2 is 2.26 bits per heavy atom. The number of benzene rings is 1. The van der Waals surface area contributed by atoms with Crippen LogP contribution in [0.4, 0.5) is 11.6 Å². The molecule has 0 spiro atoms. The number of hydrogen-bond acceptors (Lipinski definition) is 4. The largest absolute Gasteiger partial charge is 0.326 e. The van der Waals surface area contributed by atoms with Crippen molar-refractivity contribution >= 4 is 35.1 Å². The fourth-order valence-electron chi connectivity index (χ4n) is 2.36. The first-order chi connectivity index (χ1) is 11.0. The van der Waals surface area contributed by atoms with Crippen LogP contribution in [0, 0.1) is 6.92 Å². The van der Waals surface area contributed by atoms with Gasteiger partial charge in [0.1, 0.15) is 6.04 Å². The molecule has 8 heteroatoms. The normalized spacial score (nSPS) is 16.1. The second-order valence-corrected chi connectivity index (χ2v) is 5.78. The zero-order valence-corrected chi connectivity index (χ0v) is 13.5. The number of carbonyl (C=O) groups excluding carboxylic acids is 2. The Labute approximate surface area is 138 Å². The van der Waals surface area contributed by atoms with E-state index in [1.165, 1.54) is 4.68 Å². The molecule has 2 amide bonds. The SMILES string of the molecule is CCc1nc2n(n1)C(CC(=O)Nc1ccc(C)c(Cl)c1)C(=O)N2. The number of rotatable bonds is 4. The Kier molecular flexibility index (Phi) is 4.04. The number of anilines is 2. The van der Waals surface area contributed by atoms with Crippen molar-refractivity contribution < 1.29 is 9.59 Å². The van der Waals surface area contributed by atoms with Gasteiger partial charge in [-0.1, -0.05) is 24.6 Å². The molecule has 2 heterocycles. The number of carbonyl (C=O) groups is 2. The molecular formula is C15H16ClN5O2. The summed E-state index contributed by atoms with van der Waals surface area (Å²) in [5, 5.41) is 10.2. The van der Waals surface area contributed by atoms with E-state index in [-0.39, 0.29) is 18.2 Å². The maximum atomic E-state index is 12.2. The van der Waals surface area contributed by atoms with E-state index in [1.54, 1.807) is 12.1 Å². The summed E-state index contributed by atoms with van der Waals surface area (Å²) in [6.07, 6.45) is 0.646. The number of halogens is 1. The molecule has 1 aromatic heterocycles. The van der Waals surface area contributed by atoms with Crippen LogP contribution in [0.2, 0.25) is 5.02 Å². The van der Waals surface area contributed by atoms with Crippen molar-refractivity contribution in [3.05, 3.63) is 34.6 Å². The summed E-state index contributed by atoms with van der Waals surface area (Å²) in [7, 11) is 0. The molecular weight excluding hydrogens is 318 g/mol. The average molecular weight is 334 g/mol. The molecule has 0 saturated heterocycles. The molecule has 1 atom stereocenters. The minimum atomic E-state index is -0.682. The lowest BCUT2D eigenvalue weighted by Crippen LogP contribution is -2.24. The molecule has 1 aliphatic rings. The van der Waals surface area contributed by atoms with Crippen molar-refractivity contribution in [2.75, 3.05) is 10.6 Å². The third-order valence-electron chi connectivity index (χ3n) is 3.66. The maximum Gasteiger partial charge on any atom is 0.252 e. The van der Waals surface area contributed by atoms with Gasteiger partial charge in [-0.2, -0.15) is 10.1 Å². The van der Waals surface area contributed by atoms with Crippen molar-refractivity contribution in [1.82, 2.24) is 14.8 Å². The van der Waals surface area contributed by atoms with Crippen molar-refractivity contribution in [1.29, 1.82) is 0 Å². The second-order valence-electron chi connectivity index (χ2n) is 5.37. The summed E-state index contributed by atoms with van der Waals surface area (Å²) in [4.78, 5) is 28.4. The lowest BCUT2D eigenvalue weighted by Gasteiger charge is -2.10. The Balaban J connectivity index is 1.71. The van der Waals surface area contributed by atoms with Crippen LogP contribution < -0.4 is 10.6 Å². The van der Waals surface area contributed by atoms with Crippen molar-refractivity contribution in [3.8, 4) is 0 Å². The highest BCUT2D eigenvalue weighted by Crippen LogP contribution is 2.26. The van der Waals surface area contributed by atoms with Crippen LogP contribution in [-0.4, -0.2) is 26.6 Å². The predicted molar refractivity (Wildman–Crippen MR) is 86.5 cm³/mol. The molecule has 0 fully saturated rings. The van der Waals surface area contributed by atoms with E-state index >= 15 is 0 Å². The molecule has 0 radical (unpaired) electrons. The van der Waals surface area contributed by atoms with E-state index < -0.39 is 6.04 Å². The number of amides is 2. The monoisotopic (exact) mass is 333 g/mol. The Hall–Kier alpha value is -2.41. The minimum Gasteiger partial charge on any atom is -0.326 e. The van der Waals surface area contributed by atoms with Gasteiger partial charge in [0, 0.05) is 17.1 Å².